The fourth-order valence-corrected chi connectivity index (χ4v) is 6.38. The molecule has 2 aromatic rings. The number of halogens is 1. The Morgan fingerprint density at radius 3 is 2.52 bits per heavy atom. The van der Waals surface area contributed by atoms with Crippen molar-refractivity contribution in [1.29, 1.82) is 0 Å². The summed E-state index contributed by atoms with van der Waals surface area (Å²) in [6.45, 7) is 8.37. The van der Waals surface area contributed by atoms with E-state index in [0.29, 0.717) is 21.5 Å². The maximum atomic E-state index is 12.8. The molecular weight excluding hydrogens is 430 g/mol. The summed E-state index contributed by atoms with van der Waals surface area (Å²) in [5.74, 6) is 0.347. The van der Waals surface area contributed by atoms with Crippen LogP contribution >= 0.6 is 22.9 Å². The molecule has 29 heavy (non-hydrogen) atoms. The minimum Gasteiger partial charge on any atom is -0.349 e. The van der Waals surface area contributed by atoms with Crippen LogP contribution in [0.4, 0.5) is 5.13 Å². The molecule has 6 nitrogen and oxygen atoms in total. The molecule has 0 saturated heterocycles. The molecule has 0 bridgehead atoms. The first-order chi connectivity index (χ1) is 13.4. The number of rotatable bonds is 5. The van der Waals surface area contributed by atoms with Gasteiger partial charge in [-0.05, 0) is 61.8 Å². The summed E-state index contributed by atoms with van der Waals surface area (Å²) in [6, 6.07) is 5.97. The lowest BCUT2D eigenvalue weighted by Gasteiger charge is -2.39. The van der Waals surface area contributed by atoms with Gasteiger partial charge in [-0.15, -0.1) is 0 Å². The predicted molar refractivity (Wildman–Crippen MR) is 117 cm³/mol. The van der Waals surface area contributed by atoms with Crippen LogP contribution in [0.1, 0.15) is 55.4 Å². The van der Waals surface area contributed by atoms with Gasteiger partial charge in [-0.3, -0.25) is 9.52 Å². The lowest BCUT2D eigenvalue weighted by Crippen LogP contribution is -2.42. The van der Waals surface area contributed by atoms with Gasteiger partial charge in [0.15, 0.2) is 5.13 Å². The number of carbonyl (C=O) groups is 1. The van der Waals surface area contributed by atoms with E-state index in [2.05, 4.69) is 35.8 Å². The fraction of sp³-hybridized carbons (Fsp3) is 0.500. The first-order valence-corrected chi connectivity index (χ1v) is 12.2. The highest BCUT2D eigenvalue weighted by molar-refractivity contribution is 7.93. The van der Waals surface area contributed by atoms with Crippen molar-refractivity contribution in [2.24, 2.45) is 11.3 Å². The van der Waals surface area contributed by atoms with E-state index in [1.807, 2.05) is 0 Å². The maximum absolute atomic E-state index is 12.8. The van der Waals surface area contributed by atoms with Gasteiger partial charge in [0.1, 0.15) is 4.88 Å². The number of carbonyl (C=O) groups excluding carboxylic acids is 1. The molecule has 2 unspecified atom stereocenters. The van der Waals surface area contributed by atoms with Gasteiger partial charge in [-0.1, -0.05) is 43.7 Å². The van der Waals surface area contributed by atoms with Crippen LogP contribution in [0, 0.1) is 18.3 Å². The van der Waals surface area contributed by atoms with Crippen molar-refractivity contribution in [3.8, 4) is 0 Å². The van der Waals surface area contributed by atoms with Crippen LogP contribution < -0.4 is 10.0 Å². The zero-order chi connectivity index (χ0) is 21.4. The summed E-state index contributed by atoms with van der Waals surface area (Å²) in [5, 5.41) is 3.73. The lowest BCUT2D eigenvalue weighted by atomic mass is 9.70. The molecule has 1 aliphatic rings. The summed E-state index contributed by atoms with van der Waals surface area (Å²) >= 11 is 6.86. The number of benzene rings is 1. The minimum absolute atomic E-state index is 0.0826. The largest absolute Gasteiger partial charge is 0.349 e. The van der Waals surface area contributed by atoms with Gasteiger partial charge in [-0.25, -0.2) is 13.4 Å². The first-order valence-electron chi connectivity index (χ1n) is 9.52. The molecule has 1 saturated carbocycles. The zero-order valence-electron chi connectivity index (χ0n) is 17.0. The normalized spacial score (nSPS) is 21.6. The van der Waals surface area contributed by atoms with Crippen LogP contribution in [0.25, 0.3) is 0 Å². The van der Waals surface area contributed by atoms with E-state index >= 15 is 0 Å². The SMILES string of the molecule is Cc1nc(NS(=O)(=O)c2ccc(Cl)cc2)sc1C(=O)NC1CC(C)CC(C)(C)C1. The first kappa shape index (κ1) is 22.1. The van der Waals surface area contributed by atoms with Crippen LogP contribution in [0.5, 0.6) is 0 Å². The summed E-state index contributed by atoms with van der Waals surface area (Å²) < 4.78 is 27.5. The summed E-state index contributed by atoms with van der Waals surface area (Å²) in [7, 11) is -3.80. The predicted octanol–water partition coefficient (Wildman–Crippen LogP) is 4.85. The molecule has 1 fully saturated rings. The van der Waals surface area contributed by atoms with E-state index in [-0.39, 0.29) is 27.4 Å². The monoisotopic (exact) mass is 455 g/mol. The third kappa shape index (κ3) is 5.49. The number of amides is 1. The minimum atomic E-state index is -3.80. The Kier molecular flexibility index (Phi) is 6.27. The molecular formula is C20H26ClN3O3S2. The van der Waals surface area contributed by atoms with E-state index in [1.165, 1.54) is 24.3 Å². The average Bonchev–Trinajstić information content (AvgIpc) is 2.93. The third-order valence-corrected chi connectivity index (χ3v) is 7.88. The number of thiazole rings is 1. The smallest absolute Gasteiger partial charge is 0.263 e. The summed E-state index contributed by atoms with van der Waals surface area (Å²) in [5.41, 5.74) is 0.696. The maximum Gasteiger partial charge on any atom is 0.263 e. The van der Waals surface area contributed by atoms with E-state index in [0.717, 1.165) is 30.6 Å². The second-order valence-electron chi connectivity index (χ2n) is 8.58. The van der Waals surface area contributed by atoms with Crippen LogP contribution in [0.3, 0.4) is 0 Å². The summed E-state index contributed by atoms with van der Waals surface area (Å²) in [6.07, 6.45) is 3.02. The molecule has 1 aliphatic carbocycles. The zero-order valence-corrected chi connectivity index (χ0v) is 19.3. The molecule has 1 amide bonds. The Morgan fingerprint density at radius 2 is 1.90 bits per heavy atom. The number of aromatic nitrogens is 1. The van der Waals surface area contributed by atoms with Gasteiger partial charge in [-0.2, -0.15) is 0 Å². The van der Waals surface area contributed by atoms with Crippen molar-refractivity contribution in [1.82, 2.24) is 10.3 Å². The van der Waals surface area contributed by atoms with E-state index in [4.69, 9.17) is 11.6 Å². The summed E-state index contributed by atoms with van der Waals surface area (Å²) in [4.78, 5) is 17.6. The van der Waals surface area contributed by atoms with Crippen molar-refractivity contribution in [2.75, 3.05) is 4.72 Å². The number of anilines is 1. The van der Waals surface area contributed by atoms with Gasteiger partial charge in [0.2, 0.25) is 0 Å². The van der Waals surface area contributed by atoms with Gasteiger partial charge >= 0.3 is 0 Å². The van der Waals surface area contributed by atoms with Gasteiger partial charge in [0, 0.05) is 11.1 Å². The molecule has 1 aromatic carbocycles. The molecule has 0 aliphatic heterocycles. The molecule has 2 N–H and O–H groups in total. The number of hydrogen-bond acceptors (Lipinski definition) is 5. The van der Waals surface area contributed by atoms with Gasteiger partial charge in [0.05, 0.1) is 10.6 Å². The van der Waals surface area contributed by atoms with Crippen LogP contribution in [-0.4, -0.2) is 25.4 Å². The Balaban J connectivity index is 1.72. The Bertz CT molecular complexity index is 1000. The van der Waals surface area contributed by atoms with Crippen molar-refractivity contribution in [2.45, 2.75) is 57.9 Å². The third-order valence-electron chi connectivity index (χ3n) is 5.07. The number of nitrogens with one attached hydrogen (secondary N) is 2. The van der Waals surface area contributed by atoms with Crippen LogP contribution in [0.2, 0.25) is 5.02 Å². The average molecular weight is 456 g/mol. The quantitative estimate of drug-likeness (QED) is 0.674. The molecule has 0 radical (unpaired) electrons. The molecule has 158 valence electrons. The van der Waals surface area contributed by atoms with Crippen LogP contribution in [0.15, 0.2) is 29.2 Å². The highest BCUT2D eigenvalue weighted by Crippen LogP contribution is 2.38. The van der Waals surface area contributed by atoms with Gasteiger partial charge in [0.25, 0.3) is 15.9 Å². The highest BCUT2D eigenvalue weighted by atomic mass is 35.5. The van der Waals surface area contributed by atoms with Crippen molar-refractivity contribution >= 4 is 44.0 Å². The van der Waals surface area contributed by atoms with Crippen molar-refractivity contribution in [3.05, 3.63) is 39.9 Å². The molecule has 9 heteroatoms. The van der Waals surface area contributed by atoms with Gasteiger partial charge < -0.3 is 5.32 Å². The molecule has 1 heterocycles. The number of hydrogen-bond donors (Lipinski definition) is 2. The highest BCUT2D eigenvalue weighted by Gasteiger charge is 2.33. The Hall–Kier alpha value is -1.64. The Morgan fingerprint density at radius 1 is 1.24 bits per heavy atom. The van der Waals surface area contributed by atoms with Crippen molar-refractivity contribution < 1.29 is 13.2 Å². The molecule has 0 spiro atoms. The number of nitrogens with zero attached hydrogens (tertiary/aromatic N) is 1. The lowest BCUT2D eigenvalue weighted by molar-refractivity contribution is 0.0877. The number of sulfonamides is 1. The topological polar surface area (TPSA) is 88.2 Å². The van der Waals surface area contributed by atoms with E-state index in [9.17, 15) is 13.2 Å². The number of aryl methyl sites for hydroxylation is 1. The second-order valence-corrected chi connectivity index (χ2v) is 11.7. The van der Waals surface area contributed by atoms with E-state index in [1.54, 1.807) is 6.92 Å². The second kappa shape index (κ2) is 8.24. The van der Waals surface area contributed by atoms with Crippen molar-refractivity contribution in [3.63, 3.8) is 0 Å². The molecule has 3 rings (SSSR count). The molecule has 1 aromatic heterocycles. The molecule has 2 atom stereocenters. The fourth-order valence-electron chi connectivity index (χ4n) is 4.15. The van der Waals surface area contributed by atoms with E-state index < -0.39 is 10.0 Å². The standard InChI is InChI=1S/C20H26ClN3O3S2/c1-12-9-15(11-20(3,4)10-12)23-18(25)17-13(2)22-19(28-17)24-29(26,27)16-7-5-14(21)6-8-16/h5-8,12,15H,9-11H2,1-4H3,(H,22,24)(H,23,25). The van der Waals surface area contributed by atoms with Crippen LogP contribution in [-0.2, 0) is 10.0 Å². The Labute approximate surface area is 181 Å².